The van der Waals surface area contributed by atoms with Gasteiger partial charge in [0.2, 0.25) is 0 Å². The molecule has 4 rings (SSSR count). The molecule has 3 heterocycles. The van der Waals surface area contributed by atoms with Crippen molar-refractivity contribution in [2.24, 2.45) is 0 Å². The van der Waals surface area contributed by atoms with Crippen LogP contribution in [0.3, 0.4) is 0 Å². The molecule has 1 N–H and O–H groups in total. The Balaban J connectivity index is 1.47. The van der Waals surface area contributed by atoms with Crippen LogP contribution in [0.25, 0.3) is 11.0 Å². The lowest BCUT2D eigenvalue weighted by atomic mass is 10.2. The summed E-state index contributed by atoms with van der Waals surface area (Å²) >= 11 is 3.43. The van der Waals surface area contributed by atoms with Crippen LogP contribution < -0.4 is 10.2 Å². The van der Waals surface area contributed by atoms with Crippen LogP contribution in [0.5, 0.6) is 0 Å². The third-order valence-corrected chi connectivity index (χ3v) is 5.31. The molecule has 0 aliphatic carbocycles. The number of aromatic nitrogens is 1. The number of carbonyl (C=O) groups is 1. The zero-order valence-electron chi connectivity index (χ0n) is 15.1. The zero-order chi connectivity index (χ0) is 18.8. The van der Waals surface area contributed by atoms with Gasteiger partial charge in [0.25, 0.3) is 5.91 Å². The van der Waals surface area contributed by atoms with E-state index in [9.17, 15) is 4.79 Å². The number of carbonyl (C=O) groups excluding carboxylic acids is 1. The van der Waals surface area contributed by atoms with Crippen molar-refractivity contribution in [2.75, 3.05) is 38.1 Å². The highest BCUT2D eigenvalue weighted by Crippen LogP contribution is 2.24. The first-order valence-electron chi connectivity index (χ1n) is 8.95. The first kappa shape index (κ1) is 18.0. The summed E-state index contributed by atoms with van der Waals surface area (Å²) in [4.78, 5) is 21.7. The number of amides is 1. The Kier molecular flexibility index (Phi) is 5.13. The fraction of sp³-hybridized carbons (Fsp3) is 0.300. The number of piperazine rings is 1. The highest BCUT2D eigenvalue weighted by molar-refractivity contribution is 9.10. The van der Waals surface area contributed by atoms with Crippen LogP contribution in [0.1, 0.15) is 16.1 Å². The highest BCUT2D eigenvalue weighted by Gasteiger charge is 2.19. The maximum Gasteiger partial charge on any atom is 0.287 e. The molecule has 0 spiro atoms. The first-order chi connectivity index (χ1) is 13.1. The van der Waals surface area contributed by atoms with Gasteiger partial charge in [0, 0.05) is 54.3 Å². The third-order valence-electron chi connectivity index (χ3n) is 4.81. The molecule has 7 heteroatoms. The number of likely N-dealkylation sites (N-methyl/N-ethyl adjacent to an activating group) is 1. The fourth-order valence-corrected chi connectivity index (χ4v) is 3.64. The number of nitrogens with one attached hydrogen (secondary N) is 1. The molecular formula is C20H21BrN4O2. The predicted octanol–water partition coefficient (Wildman–Crippen LogP) is 3.27. The van der Waals surface area contributed by atoms with E-state index in [2.05, 4.69) is 43.1 Å². The molecule has 1 aliphatic rings. The van der Waals surface area contributed by atoms with E-state index in [1.165, 1.54) is 0 Å². The van der Waals surface area contributed by atoms with Crippen molar-refractivity contribution in [1.82, 2.24) is 15.2 Å². The monoisotopic (exact) mass is 428 g/mol. The molecule has 0 saturated carbocycles. The number of rotatable bonds is 4. The van der Waals surface area contributed by atoms with E-state index in [0.29, 0.717) is 17.9 Å². The second kappa shape index (κ2) is 7.70. The number of nitrogens with zero attached hydrogens (tertiary/aromatic N) is 3. The standard InChI is InChI=1S/C20H21BrN4O2/c1-24-7-9-25(10-8-24)19-14(3-2-6-22-19)13-23-20(26)18-12-15-11-16(21)4-5-17(15)27-18/h2-6,11-12H,7-10,13H2,1H3,(H,23,26). The van der Waals surface area contributed by atoms with Crippen molar-refractivity contribution < 1.29 is 9.21 Å². The molecule has 0 unspecified atom stereocenters. The molecular weight excluding hydrogens is 408 g/mol. The van der Waals surface area contributed by atoms with Crippen molar-refractivity contribution in [3.63, 3.8) is 0 Å². The van der Waals surface area contributed by atoms with Gasteiger partial charge in [-0.15, -0.1) is 0 Å². The molecule has 140 valence electrons. The average Bonchev–Trinajstić information content (AvgIpc) is 3.10. The second-order valence-electron chi connectivity index (χ2n) is 6.75. The highest BCUT2D eigenvalue weighted by atomic mass is 79.9. The number of pyridine rings is 1. The van der Waals surface area contributed by atoms with Gasteiger partial charge < -0.3 is 19.5 Å². The van der Waals surface area contributed by atoms with E-state index in [1.807, 2.05) is 30.3 Å². The molecule has 1 amide bonds. The normalized spacial score (nSPS) is 15.3. The molecule has 27 heavy (non-hydrogen) atoms. The Morgan fingerprint density at radius 3 is 2.85 bits per heavy atom. The van der Waals surface area contributed by atoms with Crippen LogP contribution in [0.4, 0.5) is 5.82 Å². The van der Waals surface area contributed by atoms with Gasteiger partial charge in [0.1, 0.15) is 11.4 Å². The van der Waals surface area contributed by atoms with Crippen LogP contribution in [0, 0.1) is 0 Å². The average molecular weight is 429 g/mol. The summed E-state index contributed by atoms with van der Waals surface area (Å²) < 4.78 is 6.62. The number of anilines is 1. The number of hydrogen-bond donors (Lipinski definition) is 1. The van der Waals surface area contributed by atoms with Gasteiger partial charge in [0.05, 0.1) is 0 Å². The molecule has 2 aromatic heterocycles. The molecule has 0 atom stereocenters. The Morgan fingerprint density at radius 2 is 2.04 bits per heavy atom. The van der Waals surface area contributed by atoms with Crippen LogP contribution in [0.15, 0.2) is 51.5 Å². The Morgan fingerprint density at radius 1 is 1.22 bits per heavy atom. The lowest BCUT2D eigenvalue weighted by molar-refractivity contribution is 0.0925. The van der Waals surface area contributed by atoms with Crippen LogP contribution in [-0.2, 0) is 6.54 Å². The summed E-state index contributed by atoms with van der Waals surface area (Å²) in [5.74, 6) is 1.03. The number of furan rings is 1. The van der Waals surface area contributed by atoms with Gasteiger partial charge in [-0.05, 0) is 37.4 Å². The summed E-state index contributed by atoms with van der Waals surface area (Å²) in [7, 11) is 2.13. The van der Waals surface area contributed by atoms with E-state index in [-0.39, 0.29) is 5.91 Å². The third kappa shape index (κ3) is 3.99. The lowest BCUT2D eigenvalue weighted by Crippen LogP contribution is -2.45. The molecule has 6 nitrogen and oxygen atoms in total. The zero-order valence-corrected chi connectivity index (χ0v) is 16.7. The van der Waals surface area contributed by atoms with Gasteiger partial charge >= 0.3 is 0 Å². The second-order valence-corrected chi connectivity index (χ2v) is 7.67. The largest absolute Gasteiger partial charge is 0.451 e. The van der Waals surface area contributed by atoms with Crippen LogP contribution >= 0.6 is 15.9 Å². The topological polar surface area (TPSA) is 61.6 Å². The van der Waals surface area contributed by atoms with Gasteiger partial charge in [-0.1, -0.05) is 22.0 Å². The molecule has 0 radical (unpaired) electrons. The summed E-state index contributed by atoms with van der Waals surface area (Å²) in [5, 5.41) is 3.85. The van der Waals surface area contributed by atoms with Gasteiger partial charge in [-0.2, -0.15) is 0 Å². The smallest absolute Gasteiger partial charge is 0.287 e. The maximum atomic E-state index is 12.5. The van der Waals surface area contributed by atoms with Crippen molar-refractivity contribution in [3.05, 3.63) is 58.4 Å². The van der Waals surface area contributed by atoms with E-state index >= 15 is 0 Å². The molecule has 3 aromatic rings. The SMILES string of the molecule is CN1CCN(c2ncccc2CNC(=O)c2cc3cc(Br)ccc3o2)CC1. The van der Waals surface area contributed by atoms with Crippen LogP contribution in [0.2, 0.25) is 0 Å². The predicted molar refractivity (Wildman–Crippen MR) is 109 cm³/mol. The maximum absolute atomic E-state index is 12.5. The van der Waals surface area contributed by atoms with Crippen molar-refractivity contribution in [2.45, 2.75) is 6.54 Å². The van der Waals surface area contributed by atoms with Crippen LogP contribution in [-0.4, -0.2) is 49.0 Å². The van der Waals surface area contributed by atoms with E-state index in [1.54, 1.807) is 12.3 Å². The Labute approximate surface area is 166 Å². The van der Waals surface area contributed by atoms with E-state index < -0.39 is 0 Å². The Bertz CT molecular complexity index is 964. The summed E-state index contributed by atoms with van der Waals surface area (Å²) in [6.07, 6.45) is 1.80. The van der Waals surface area contributed by atoms with Gasteiger partial charge in [0.15, 0.2) is 5.76 Å². The van der Waals surface area contributed by atoms with Crippen molar-refractivity contribution in [1.29, 1.82) is 0 Å². The summed E-state index contributed by atoms with van der Waals surface area (Å²) in [6.45, 7) is 4.31. The minimum absolute atomic E-state index is 0.226. The number of fused-ring (bicyclic) bond motifs is 1. The van der Waals surface area contributed by atoms with E-state index in [0.717, 1.165) is 47.4 Å². The number of hydrogen-bond acceptors (Lipinski definition) is 5. The molecule has 1 fully saturated rings. The summed E-state index contributed by atoms with van der Waals surface area (Å²) in [6, 6.07) is 11.4. The lowest BCUT2D eigenvalue weighted by Gasteiger charge is -2.34. The van der Waals surface area contributed by atoms with Gasteiger partial charge in [-0.3, -0.25) is 4.79 Å². The molecule has 1 aromatic carbocycles. The first-order valence-corrected chi connectivity index (χ1v) is 9.74. The number of halogens is 1. The minimum atomic E-state index is -0.226. The summed E-state index contributed by atoms with van der Waals surface area (Å²) in [5.41, 5.74) is 1.71. The molecule has 0 bridgehead atoms. The fourth-order valence-electron chi connectivity index (χ4n) is 3.26. The van der Waals surface area contributed by atoms with E-state index in [4.69, 9.17) is 4.42 Å². The number of benzene rings is 1. The van der Waals surface area contributed by atoms with Crippen molar-refractivity contribution in [3.8, 4) is 0 Å². The Hall–Kier alpha value is -2.38. The molecule has 1 saturated heterocycles. The quantitative estimate of drug-likeness (QED) is 0.690. The minimum Gasteiger partial charge on any atom is -0.451 e. The van der Waals surface area contributed by atoms with Gasteiger partial charge in [-0.25, -0.2) is 4.98 Å². The molecule has 1 aliphatic heterocycles. The van der Waals surface area contributed by atoms with Crippen molar-refractivity contribution >= 4 is 38.6 Å².